The van der Waals surface area contributed by atoms with Gasteiger partial charge in [0.05, 0.1) is 12.5 Å². The fraction of sp³-hybridized carbons (Fsp3) is 0.412. The number of carbonyl (C=O) groups is 2. The second-order valence-corrected chi connectivity index (χ2v) is 6.14. The molecule has 1 aliphatic heterocycles. The fourth-order valence-corrected chi connectivity index (χ4v) is 3.02. The quantitative estimate of drug-likeness (QED) is 0.853. The van der Waals surface area contributed by atoms with E-state index in [1.165, 1.54) is 6.33 Å². The number of rotatable bonds is 5. The molecule has 3 rings (SSSR count). The Morgan fingerprint density at radius 2 is 2.08 bits per heavy atom. The highest BCUT2D eigenvalue weighted by Gasteiger charge is 2.27. The van der Waals surface area contributed by atoms with Gasteiger partial charge in [-0.25, -0.2) is 14.5 Å². The van der Waals surface area contributed by atoms with Crippen molar-refractivity contribution in [1.82, 2.24) is 25.0 Å². The monoisotopic (exact) mass is 343 g/mol. The number of amides is 2. The topological polar surface area (TPSA) is 100 Å². The number of piperidine rings is 1. The molecular formula is C17H21N5O3. The maximum Gasteiger partial charge on any atom is 0.317 e. The number of benzene rings is 1. The number of hydrogen-bond acceptors (Lipinski definition) is 4. The zero-order valence-electron chi connectivity index (χ0n) is 13.8. The van der Waals surface area contributed by atoms with Gasteiger partial charge in [0, 0.05) is 19.6 Å². The van der Waals surface area contributed by atoms with Crippen molar-refractivity contribution >= 4 is 12.0 Å². The second kappa shape index (κ2) is 7.78. The van der Waals surface area contributed by atoms with Gasteiger partial charge in [0.1, 0.15) is 12.7 Å². The van der Waals surface area contributed by atoms with E-state index < -0.39 is 11.9 Å². The number of carboxylic acid groups (broad SMARTS) is 1. The Bertz CT molecular complexity index is 732. The summed E-state index contributed by atoms with van der Waals surface area (Å²) in [4.78, 5) is 29.0. The van der Waals surface area contributed by atoms with Gasteiger partial charge in [-0.05, 0) is 24.0 Å². The molecule has 8 nitrogen and oxygen atoms in total. The van der Waals surface area contributed by atoms with E-state index in [9.17, 15) is 9.59 Å². The average molecular weight is 343 g/mol. The molecule has 0 saturated carbocycles. The summed E-state index contributed by atoms with van der Waals surface area (Å²) in [6.07, 6.45) is 4.47. The molecule has 1 aromatic heterocycles. The number of urea groups is 1. The van der Waals surface area contributed by atoms with Gasteiger partial charge < -0.3 is 15.3 Å². The maximum absolute atomic E-state index is 12.4. The number of hydrogen-bond donors (Lipinski definition) is 2. The Balaban J connectivity index is 1.59. The number of carbonyl (C=O) groups excluding carboxylic acids is 1. The molecule has 1 aliphatic rings. The molecule has 25 heavy (non-hydrogen) atoms. The van der Waals surface area contributed by atoms with E-state index in [1.807, 2.05) is 24.3 Å². The van der Waals surface area contributed by atoms with Crippen LogP contribution in [0, 0.1) is 5.92 Å². The van der Waals surface area contributed by atoms with E-state index in [4.69, 9.17) is 5.11 Å². The normalized spacial score (nSPS) is 17.3. The average Bonchev–Trinajstić information content (AvgIpc) is 3.14. The van der Waals surface area contributed by atoms with E-state index >= 15 is 0 Å². The van der Waals surface area contributed by atoms with Crippen LogP contribution >= 0.6 is 0 Å². The van der Waals surface area contributed by atoms with E-state index in [2.05, 4.69) is 15.4 Å². The Morgan fingerprint density at radius 1 is 1.28 bits per heavy atom. The zero-order valence-corrected chi connectivity index (χ0v) is 13.8. The lowest BCUT2D eigenvalue weighted by molar-refractivity contribution is -0.143. The molecule has 8 heteroatoms. The molecule has 1 saturated heterocycles. The highest BCUT2D eigenvalue weighted by Crippen LogP contribution is 2.17. The summed E-state index contributed by atoms with van der Waals surface area (Å²) < 4.78 is 1.72. The van der Waals surface area contributed by atoms with Crippen LogP contribution in [0.5, 0.6) is 0 Å². The first kappa shape index (κ1) is 16.9. The highest BCUT2D eigenvalue weighted by atomic mass is 16.4. The van der Waals surface area contributed by atoms with Crippen molar-refractivity contribution in [1.29, 1.82) is 0 Å². The SMILES string of the molecule is O=C(O)C1CCCN(C(=O)NCc2ccccc2Cn2cncn2)C1. The molecule has 2 heterocycles. The molecular weight excluding hydrogens is 322 g/mol. The van der Waals surface area contributed by atoms with Crippen molar-refractivity contribution in [3.63, 3.8) is 0 Å². The molecule has 0 bridgehead atoms. The van der Waals surface area contributed by atoms with Gasteiger partial charge in [-0.2, -0.15) is 5.10 Å². The molecule has 1 fully saturated rings. The largest absolute Gasteiger partial charge is 0.481 e. The van der Waals surface area contributed by atoms with Crippen LogP contribution in [0.25, 0.3) is 0 Å². The molecule has 2 N–H and O–H groups in total. The van der Waals surface area contributed by atoms with Crippen molar-refractivity contribution in [2.45, 2.75) is 25.9 Å². The highest BCUT2D eigenvalue weighted by molar-refractivity contribution is 5.76. The molecule has 2 aromatic rings. The van der Waals surface area contributed by atoms with Gasteiger partial charge in [-0.3, -0.25) is 4.79 Å². The maximum atomic E-state index is 12.4. The summed E-state index contributed by atoms with van der Waals surface area (Å²) in [5, 5.41) is 16.1. The van der Waals surface area contributed by atoms with Crippen molar-refractivity contribution in [3.05, 3.63) is 48.0 Å². The van der Waals surface area contributed by atoms with Crippen molar-refractivity contribution < 1.29 is 14.7 Å². The Kier molecular flexibility index (Phi) is 5.27. The molecule has 1 unspecified atom stereocenters. The van der Waals surface area contributed by atoms with Gasteiger partial charge in [0.2, 0.25) is 0 Å². The lowest BCUT2D eigenvalue weighted by Crippen LogP contribution is -2.46. The number of aliphatic carboxylic acids is 1. The minimum atomic E-state index is -0.837. The summed E-state index contributed by atoms with van der Waals surface area (Å²) in [7, 11) is 0. The molecule has 1 aromatic carbocycles. The third-order valence-electron chi connectivity index (χ3n) is 4.41. The number of nitrogens with zero attached hydrogens (tertiary/aromatic N) is 4. The summed E-state index contributed by atoms with van der Waals surface area (Å²) in [5.74, 6) is -1.31. The molecule has 0 spiro atoms. The van der Waals surface area contributed by atoms with Gasteiger partial charge >= 0.3 is 12.0 Å². The lowest BCUT2D eigenvalue weighted by atomic mass is 9.99. The Labute approximate surface area is 145 Å². The summed E-state index contributed by atoms with van der Waals surface area (Å²) in [5.41, 5.74) is 2.05. The van der Waals surface area contributed by atoms with Crippen LogP contribution in [0.15, 0.2) is 36.9 Å². The third-order valence-corrected chi connectivity index (χ3v) is 4.41. The molecule has 0 radical (unpaired) electrons. The van der Waals surface area contributed by atoms with Crippen LogP contribution in [0.4, 0.5) is 4.79 Å². The number of likely N-dealkylation sites (tertiary alicyclic amines) is 1. The second-order valence-electron chi connectivity index (χ2n) is 6.14. The first-order chi connectivity index (χ1) is 12.1. The van der Waals surface area contributed by atoms with Crippen LogP contribution < -0.4 is 5.32 Å². The first-order valence-electron chi connectivity index (χ1n) is 8.28. The first-order valence-corrected chi connectivity index (χ1v) is 8.28. The van der Waals surface area contributed by atoms with Crippen LogP contribution in [0.2, 0.25) is 0 Å². The molecule has 1 atom stereocenters. The summed E-state index contributed by atoms with van der Waals surface area (Å²) >= 11 is 0. The van der Waals surface area contributed by atoms with Crippen molar-refractivity contribution in [3.8, 4) is 0 Å². The molecule has 2 amide bonds. The van der Waals surface area contributed by atoms with Gasteiger partial charge in [-0.1, -0.05) is 24.3 Å². The predicted octanol–water partition coefficient (Wildman–Crippen LogP) is 1.33. The third kappa shape index (κ3) is 4.34. The van der Waals surface area contributed by atoms with Crippen LogP contribution in [0.1, 0.15) is 24.0 Å². The number of carboxylic acids is 1. The van der Waals surface area contributed by atoms with Crippen LogP contribution in [-0.4, -0.2) is 49.9 Å². The van der Waals surface area contributed by atoms with E-state index in [0.717, 1.165) is 11.1 Å². The van der Waals surface area contributed by atoms with E-state index in [1.54, 1.807) is 15.9 Å². The van der Waals surface area contributed by atoms with Gasteiger partial charge in [0.25, 0.3) is 0 Å². The van der Waals surface area contributed by atoms with Gasteiger partial charge in [0.15, 0.2) is 0 Å². The molecule has 0 aliphatic carbocycles. The van der Waals surface area contributed by atoms with Crippen LogP contribution in [0.3, 0.4) is 0 Å². The minimum Gasteiger partial charge on any atom is -0.481 e. The Hall–Kier alpha value is -2.90. The van der Waals surface area contributed by atoms with E-state index in [-0.39, 0.29) is 12.6 Å². The van der Waals surface area contributed by atoms with Gasteiger partial charge in [-0.15, -0.1) is 0 Å². The lowest BCUT2D eigenvalue weighted by Gasteiger charge is -2.30. The molecule has 132 valence electrons. The van der Waals surface area contributed by atoms with Crippen molar-refractivity contribution in [2.24, 2.45) is 5.92 Å². The smallest absolute Gasteiger partial charge is 0.317 e. The number of aromatic nitrogens is 3. The van der Waals surface area contributed by atoms with Crippen molar-refractivity contribution in [2.75, 3.05) is 13.1 Å². The minimum absolute atomic E-state index is 0.221. The standard InChI is InChI=1S/C17H21N5O3/c23-16(24)15-6-3-7-21(9-15)17(25)19-8-13-4-1-2-5-14(13)10-22-12-18-11-20-22/h1-2,4-5,11-12,15H,3,6-10H2,(H,19,25)(H,23,24). The predicted molar refractivity (Wildman–Crippen MR) is 89.7 cm³/mol. The fourth-order valence-electron chi connectivity index (χ4n) is 3.02. The Morgan fingerprint density at radius 3 is 2.80 bits per heavy atom. The summed E-state index contributed by atoms with van der Waals surface area (Å²) in [6, 6.07) is 7.60. The van der Waals surface area contributed by atoms with E-state index in [0.29, 0.717) is 32.5 Å². The van der Waals surface area contributed by atoms with Crippen LogP contribution in [-0.2, 0) is 17.9 Å². The summed E-state index contributed by atoms with van der Waals surface area (Å²) in [6.45, 7) is 1.83. The number of nitrogens with one attached hydrogen (secondary N) is 1. The zero-order chi connectivity index (χ0) is 17.6.